The average molecular weight is 271 g/mol. The van der Waals surface area contributed by atoms with Crippen molar-refractivity contribution in [3.05, 3.63) is 29.6 Å². The molecular weight excluding hydrogens is 253 g/mol. The summed E-state index contributed by atoms with van der Waals surface area (Å²) in [5, 5.41) is 3.60. The van der Waals surface area contributed by atoms with E-state index in [1.807, 2.05) is 12.1 Å². The van der Waals surface area contributed by atoms with E-state index in [0.717, 1.165) is 25.3 Å². The molecule has 0 amide bonds. The van der Waals surface area contributed by atoms with Gasteiger partial charge in [0, 0.05) is 25.1 Å². The Hall–Kier alpha value is -0.620. The van der Waals surface area contributed by atoms with Crippen LogP contribution in [0.15, 0.2) is 23.1 Å². The minimum absolute atomic E-state index is 0.141. The van der Waals surface area contributed by atoms with Gasteiger partial charge in [-0.15, -0.1) is 11.8 Å². The molecule has 1 aromatic carbocycles. The smallest absolute Gasteiger partial charge is 0.137 e. The summed E-state index contributed by atoms with van der Waals surface area (Å²) >= 11 is 1.56. The maximum absolute atomic E-state index is 13.8. The molecule has 0 aromatic heterocycles. The molecule has 0 atom stereocenters. The molecule has 100 valence electrons. The van der Waals surface area contributed by atoms with Gasteiger partial charge in [-0.05, 0) is 17.7 Å². The molecule has 1 N–H and O–H groups in total. The summed E-state index contributed by atoms with van der Waals surface area (Å²) in [6.07, 6.45) is 0. The van der Waals surface area contributed by atoms with E-state index in [1.165, 1.54) is 0 Å². The maximum Gasteiger partial charge on any atom is 0.137 e. The van der Waals surface area contributed by atoms with Crippen LogP contribution in [0.2, 0.25) is 0 Å². The Morgan fingerprint density at radius 2 is 2.33 bits per heavy atom. The Kier molecular flexibility index (Phi) is 5.44. The van der Waals surface area contributed by atoms with Crippen LogP contribution in [0.3, 0.4) is 0 Å². The van der Waals surface area contributed by atoms with Gasteiger partial charge in [-0.2, -0.15) is 0 Å². The van der Waals surface area contributed by atoms with Crippen LogP contribution in [-0.4, -0.2) is 38.7 Å². The number of rotatable bonds is 7. The number of thioether (sulfide) groups is 1. The molecule has 0 bridgehead atoms. The van der Waals surface area contributed by atoms with Crippen molar-refractivity contribution in [2.24, 2.45) is 0 Å². The standard InChI is InChI=1S/C13H18FNO2S/c1-16-5-4-15-7-10-2-3-13(12(14)6-10)18-11-8-17-9-11/h2-3,6,11,15H,4-5,7-9H2,1H3. The van der Waals surface area contributed by atoms with Crippen molar-refractivity contribution >= 4 is 11.8 Å². The van der Waals surface area contributed by atoms with Gasteiger partial charge in [0.1, 0.15) is 5.82 Å². The van der Waals surface area contributed by atoms with Gasteiger partial charge in [-0.25, -0.2) is 4.39 Å². The number of benzene rings is 1. The molecule has 1 aliphatic rings. The normalized spacial score (nSPS) is 15.7. The SMILES string of the molecule is COCCNCc1ccc(SC2COC2)c(F)c1. The zero-order valence-electron chi connectivity index (χ0n) is 10.4. The van der Waals surface area contributed by atoms with E-state index in [4.69, 9.17) is 9.47 Å². The van der Waals surface area contributed by atoms with Crippen molar-refractivity contribution in [1.29, 1.82) is 0 Å². The minimum atomic E-state index is -0.141. The molecule has 1 fully saturated rings. The van der Waals surface area contributed by atoms with Crippen LogP contribution in [0, 0.1) is 5.82 Å². The lowest BCUT2D eigenvalue weighted by molar-refractivity contribution is 0.0455. The van der Waals surface area contributed by atoms with E-state index in [9.17, 15) is 4.39 Å². The van der Waals surface area contributed by atoms with Crippen molar-refractivity contribution in [3.63, 3.8) is 0 Å². The zero-order valence-corrected chi connectivity index (χ0v) is 11.3. The maximum atomic E-state index is 13.8. The Labute approximate surface area is 111 Å². The van der Waals surface area contributed by atoms with Crippen LogP contribution < -0.4 is 5.32 Å². The lowest BCUT2D eigenvalue weighted by Gasteiger charge is -2.25. The molecule has 5 heteroatoms. The highest BCUT2D eigenvalue weighted by Gasteiger charge is 2.20. The fourth-order valence-electron chi connectivity index (χ4n) is 1.62. The number of ether oxygens (including phenoxy) is 2. The number of methoxy groups -OCH3 is 1. The predicted molar refractivity (Wildman–Crippen MR) is 70.4 cm³/mol. The van der Waals surface area contributed by atoms with E-state index >= 15 is 0 Å². The van der Waals surface area contributed by atoms with Crippen molar-refractivity contribution < 1.29 is 13.9 Å². The summed E-state index contributed by atoms with van der Waals surface area (Å²) in [5.74, 6) is -0.141. The van der Waals surface area contributed by atoms with E-state index in [0.29, 0.717) is 23.3 Å². The Morgan fingerprint density at radius 1 is 1.50 bits per heavy atom. The monoisotopic (exact) mass is 271 g/mol. The number of hydrogen-bond donors (Lipinski definition) is 1. The first-order valence-corrected chi connectivity index (χ1v) is 6.90. The van der Waals surface area contributed by atoms with Gasteiger partial charge in [-0.3, -0.25) is 0 Å². The summed E-state index contributed by atoms with van der Waals surface area (Å²) in [4.78, 5) is 0.712. The zero-order chi connectivity index (χ0) is 12.8. The lowest BCUT2D eigenvalue weighted by atomic mass is 10.2. The van der Waals surface area contributed by atoms with Gasteiger partial charge < -0.3 is 14.8 Å². The van der Waals surface area contributed by atoms with Gasteiger partial charge in [0.25, 0.3) is 0 Å². The van der Waals surface area contributed by atoms with E-state index in [1.54, 1.807) is 24.9 Å². The van der Waals surface area contributed by atoms with Gasteiger partial charge in [0.15, 0.2) is 0 Å². The summed E-state index contributed by atoms with van der Waals surface area (Å²) in [6, 6.07) is 5.41. The fraction of sp³-hybridized carbons (Fsp3) is 0.538. The van der Waals surface area contributed by atoms with Crippen molar-refractivity contribution in [2.75, 3.05) is 33.5 Å². The molecule has 0 unspecified atom stereocenters. The second-order valence-electron chi connectivity index (χ2n) is 4.21. The molecule has 2 rings (SSSR count). The first kappa shape index (κ1) is 13.8. The van der Waals surface area contributed by atoms with Crippen LogP contribution in [0.4, 0.5) is 4.39 Å². The van der Waals surface area contributed by atoms with Gasteiger partial charge in [0.05, 0.1) is 25.1 Å². The highest BCUT2D eigenvalue weighted by Crippen LogP contribution is 2.30. The van der Waals surface area contributed by atoms with Crippen molar-refractivity contribution in [1.82, 2.24) is 5.32 Å². The van der Waals surface area contributed by atoms with Crippen LogP contribution in [0.5, 0.6) is 0 Å². The first-order chi connectivity index (χ1) is 8.79. The molecule has 0 aliphatic carbocycles. The summed E-state index contributed by atoms with van der Waals surface area (Å²) in [7, 11) is 1.66. The summed E-state index contributed by atoms with van der Waals surface area (Å²) in [6.45, 7) is 3.55. The third-order valence-electron chi connectivity index (χ3n) is 2.71. The lowest BCUT2D eigenvalue weighted by Crippen LogP contribution is -2.30. The predicted octanol–water partition coefficient (Wildman–Crippen LogP) is 2.05. The van der Waals surface area contributed by atoms with E-state index < -0.39 is 0 Å². The quantitative estimate of drug-likeness (QED) is 0.769. The molecule has 1 heterocycles. The van der Waals surface area contributed by atoms with Gasteiger partial charge >= 0.3 is 0 Å². The Bertz CT molecular complexity index is 385. The van der Waals surface area contributed by atoms with Crippen LogP contribution >= 0.6 is 11.8 Å². The topological polar surface area (TPSA) is 30.5 Å². The van der Waals surface area contributed by atoms with Crippen LogP contribution in [0.25, 0.3) is 0 Å². The second kappa shape index (κ2) is 7.09. The van der Waals surface area contributed by atoms with Gasteiger partial charge in [-0.1, -0.05) is 6.07 Å². The third kappa shape index (κ3) is 3.95. The highest BCUT2D eigenvalue weighted by atomic mass is 32.2. The second-order valence-corrected chi connectivity index (χ2v) is 5.55. The number of halogens is 1. The Morgan fingerprint density at radius 3 is 2.94 bits per heavy atom. The van der Waals surface area contributed by atoms with Crippen molar-refractivity contribution in [3.8, 4) is 0 Å². The molecule has 1 aromatic rings. The van der Waals surface area contributed by atoms with Crippen molar-refractivity contribution in [2.45, 2.75) is 16.7 Å². The number of nitrogens with one attached hydrogen (secondary N) is 1. The summed E-state index contributed by atoms with van der Waals surface area (Å²) < 4.78 is 23.8. The minimum Gasteiger partial charge on any atom is -0.383 e. The van der Waals surface area contributed by atoms with Gasteiger partial charge in [0.2, 0.25) is 0 Å². The fourth-order valence-corrected chi connectivity index (χ4v) is 2.62. The van der Waals surface area contributed by atoms with Crippen LogP contribution in [-0.2, 0) is 16.0 Å². The average Bonchev–Trinajstić information content (AvgIpc) is 2.31. The molecule has 0 radical (unpaired) electrons. The molecule has 18 heavy (non-hydrogen) atoms. The highest BCUT2D eigenvalue weighted by molar-refractivity contribution is 8.00. The molecule has 0 spiro atoms. The first-order valence-electron chi connectivity index (χ1n) is 6.02. The third-order valence-corrected chi connectivity index (χ3v) is 3.90. The van der Waals surface area contributed by atoms with E-state index in [2.05, 4.69) is 5.32 Å². The molecule has 3 nitrogen and oxygen atoms in total. The molecule has 0 saturated carbocycles. The number of hydrogen-bond acceptors (Lipinski definition) is 4. The molecular formula is C13H18FNO2S. The molecule has 1 aliphatic heterocycles. The Balaban J connectivity index is 1.83. The van der Waals surface area contributed by atoms with E-state index in [-0.39, 0.29) is 5.82 Å². The largest absolute Gasteiger partial charge is 0.383 e. The molecule has 1 saturated heterocycles. The van der Waals surface area contributed by atoms with Crippen LogP contribution in [0.1, 0.15) is 5.56 Å². The summed E-state index contributed by atoms with van der Waals surface area (Å²) in [5.41, 5.74) is 0.956.